The van der Waals surface area contributed by atoms with Gasteiger partial charge < -0.3 is 15.4 Å². The first-order chi connectivity index (χ1) is 5.34. The molecule has 1 rings (SSSR count). The van der Waals surface area contributed by atoms with E-state index in [1.54, 1.807) is 6.41 Å². The van der Waals surface area contributed by atoms with E-state index < -0.39 is 0 Å². The first-order valence-electron chi connectivity index (χ1n) is 3.79. The predicted octanol–water partition coefficient (Wildman–Crippen LogP) is -0.980. The van der Waals surface area contributed by atoms with Crippen LogP contribution in [0.25, 0.3) is 0 Å². The van der Waals surface area contributed by atoms with Crippen molar-refractivity contribution in [1.29, 1.82) is 0 Å². The van der Waals surface area contributed by atoms with E-state index in [-0.39, 0.29) is 12.1 Å². The summed E-state index contributed by atoms with van der Waals surface area (Å²) in [7, 11) is 0. The van der Waals surface area contributed by atoms with Gasteiger partial charge in [0, 0.05) is 13.1 Å². The summed E-state index contributed by atoms with van der Waals surface area (Å²) < 4.78 is 5.39. The maximum Gasteiger partial charge on any atom is 0.309 e. The highest BCUT2D eigenvalue weighted by Crippen LogP contribution is 2.00. The third kappa shape index (κ3) is 2.48. The van der Waals surface area contributed by atoms with Gasteiger partial charge in [0.2, 0.25) is 0 Å². The number of amides is 1. The van der Waals surface area contributed by atoms with Crippen molar-refractivity contribution in [2.45, 2.75) is 19.1 Å². The monoisotopic (exact) mass is 157 g/mol. The number of nitrogens with one attached hydrogen (secondary N) is 2. The van der Waals surface area contributed by atoms with E-state index in [1.807, 2.05) is 6.92 Å². The van der Waals surface area contributed by atoms with Gasteiger partial charge in [-0.25, -0.2) is 0 Å². The molecule has 4 nitrogen and oxygen atoms in total. The van der Waals surface area contributed by atoms with E-state index in [0.29, 0.717) is 0 Å². The molecule has 0 aromatic heterocycles. The molecule has 1 heterocycles. The lowest BCUT2D eigenvalue weighted by Crippen LogP contribution is -2.49. The molecule has 1 aliphatic rings. The Bertz CT molecular complexity index is 124. The van der Waals surface area contributed by atoms with Crippen molar-refractivity contribution >= 4 is 6.41 Å². The minimum atomic E-state index is 0.0419. The van der Waals surface area contributed by atoms with Crippen LogP contribution in [0, 0.1) is 0 Å². The molecule has 0 aromatic rings. The summed E-state index contributed by atoms with van der Waals surface area (Å²) in [4.78, 5) is 9.95. The Hall–Kier alpha value is -0.610. The Morgan fingerprint density at radius 2 is 2.64 bits per heavy atom. The Labute approximate surface area is 66.3 Å². The molecule has 1 amide bonds. The van der Waals surface area contributed by atoms with E-state index in [9.17, 15) is 4.79 Å². The third-order valence-corrected chi connectivity index (χ3v) is 1.80. The van der Waals surface area contributed by atoms with Gasteiger partial charge in [0.25, 0.3) is 0 Å². The normalized spacial score (nSPS) is 27.5. The van der Waals surface area contributed by atoms with Gasteiger partial charge in [0.15, 0.2) is 0 Å². The lowest BCUT2D eigenvalue weighted by Gasteiger charge is -2.27. The number of hydrogen-bond donors (Lipinski definition) is 2. The molecule has 2 unspecified atom stereocenters. The Morgan fingerprint density at radius 3 is 3.18 bits per heavy atom. The fraction of sp³-hybridized carbons (Fsp3) is 0.857. The molecule has 11 heavy (non-hydrogen) atoms. The van der Waals surface area contributed by atoms with Crippen molar-refractivity contribution in [3.63, 3.8) is 0 Å². The average molecular weight is 157 g/mol. The van der Waals surface area contributed by atoms with Crippen molar-refractivity contribution in [2.75, 3.05) is 19.7 Å². The summed E-state index contributed by atoms with van der Waals surface area (Å²) in [5, 5.41) is 5.72. The van der Waals surface area contributed by atoms with Crippen molar-refractivity contribution in [1.82, 2.24) is 10.6 Å². The summed E-state index contributed by atoms with van der Waals surface area (Å²) in [6, 6.07) is 0.0419. The second-order valence-corrected chi connectivity index (χ2v) is 2.65. The highest BCUT2D eigenvalue weighted by atomic mass is 16.5. The molecule has 1 fully saturated rings. The van der Waals surface area contributed by atoms with Gasteiger partial charge in [0.05, 0.1) is 18.8 Å². The molecule has 0 bridgehead atoms. The van der Waals surface area contributed by atoms with Gasteiger partial charge >= 0.3 is 6.41 Å². The van der Waals surface area contributed by atoms with Gasteiger partial charge in [0.1, 0.15) is 0 Å². The number of morpholine rings is 1. The van der Waals surface area contributed by atoms with Crippen LogP contribution in [0.4, 0.5) is 0 Å². The van der Waals surface area contributed by atoms with Crippen LogP contribution in [0.3, 0.4) is 0 Å². The molecule has 2 atom stereocenters. The van der Waals surface area contributed by atoms with E-state index in [2.05, 4.69) is 10.6 Å². The molecule has 4 heteroatoms. The summed E-state index contributed by atoms with van der Waals surface area (Å²) in [5.41, 5.74) is 0. The second-order valence-electron chi connectivity index (χ2n) is 2.65. The summed E-state index contributed by atoms with van der Waals surface area (Å²) >= 11 is 0. The lowest BCUT2D eigenvalue weighted by atomic mass is 10.1. The van der Waals surface area contributed by atoms with Crippen molar-refractivity contribution < 1.29 is 9.53 Å². The fourth-order valence-electron chi connectivity index (χ4n) is 1.09. The quantitative estimate of drug-likeness (QED) is 0.518. The summed E-state index contributed by atoms with van der Waals surface area (Å²) in [6.07, 6.45) is 1.75. The Morgan fingerprint density at radius 1 is 1.82 bits per heavy atom. The molecule has 1 saturated heterocycles. The molecular formula is C7H13N2O2. The minimum Gasteiger partial charge on any atom is -0.373 e. The molecule has 1 radical (unpaired) electrons. The molecule has 0 aromatic carbocycles. The largest absolute Gasteiger partial charge is 0.373 e. The van der Waals surface area contributed by atoms with Gasteiger partial charge in [-0.05, 0) is 6.92 Å². The van der Waals surface area contributed by atoms with Gasteiger partial charge in [-0.3, -0.25) is 4.79 Å². The molecule has 0 spiro atoms. The molecular weight excluding hydrogens is 144 g/mol. The number of rotatable bonds is 3. The first-order valence-corrected chi connectivity index (χ1v) is 3.79. The van der Waals surface area contributed by atoms with Crippen LogP contribution in [0.1, 0.15) is 6.92 Å². The Kier molecular flexibility index (Phi) is 3.32. The summed E-state index contributed by atoms with van der Waals surface area (Å²) in [5.74, 6) is 0. The van der Waals surface area contributed by atoms with Crippen LogP contribution in [-0.2, 0) is 9.53 Å². The first kappa shape index (κ1) is 8.49. The zero-order chi connectivity index (χ0) is 8.10. The minimum absolute atomic E-state index is 0.0419. The zero-order valence-corrected chi connectivity index (χ0v) is 6.59. The van der Waals surface area contributed by atoms with E-state index in [0.717, 1.165) is 19.7 Å². The lowest BCUT2D eigenvalue weighted by molar-refractivity contribution is 0.0121. The molecule has 63 valence electrons. The van der Waals surface area contributed by atoms with Crippen molar-refractivity contribution in [2.24, 2.45) is 0 Å². The number of carbonyl (C=O) groups excluding carboxylic acids is 1. The van der Waals surface area contributed by atoms with E-state index in [1.165, 1.54) is 0 Å². The molecule has 1 aliphatic heterocycles. The van der Waals surface area contributed by atoms with Gasteiger partial charge in [-0.2, -0.15) is 0 Å². The Balaban J connectivity index is 2.26. The highest BCUT2D eigenvalue weighted by molar-refractivity contribution is 5.47. The zero-order valence-electron chi connectivity index (χ0n) is 6.59. The van der Waals surface area contributed by atoms with Gasteiger partial charge in [-0.15, -0.1) is 0 Å². The molecule has 0 saturated carbocycles. The fourth-order valence-corrected chi connectivity index (χ4v) is 1.09. The van der Waals surface area contributed by atoms with Crippen LogP contribution in [-0.4, -0.2) is 38.3 Å². The van der Waals surface area contributed by atoms with E-state index >= 15 is 0 Å². The topological polar surface area (TPSA) is 50.4 Å². The average Bonchev–Trinajstić information content (AvgIpc) is 2.07. The number of ether oxygens (including phenoxy) is 1. The van der Waals surface area contributed by atoms with Crippen LogP contribution >= 0.6 is 0 Å². The smallest absolute Gasteiger partial charge is 0.309 e. The third-order valence-electron chi connectivity index (χ3n) is 1.80. The van der Waals surface area contributed by atoms with E-state index in [4.69, 9.17) is 4.74 Å². The highest BCUT2D eigenvalue weighted by Gasteiger charge is 2.19. The van der Waals surface area contributed by atoms with Crippen molar-refractivity contribution in [3.8, 4) is 0 Å². The van der Waals surface area contributed by atoms with Crippen molar-refractivity contribution in [3.05, 3.63) is 0 Å². The van der Waals surface area contributed by atoms with Crippen LogP contribution in [0.2, 0.25) is 0 Å². The maximum atomic E-state index is 9.95. The predicted molar refractivity (Wildman–Crippen MR) is 40.9 cm³/mol. The van der Waals surface area contributed by atoms with Crippen LogP contribution in [0.15, 0.2) is 0 Å². The SMILES string of the molecule is CC(N[C]=O)C1CNCCO1. The standard InChI is InChI=1S/C7H13N2O2/c1-6(9-5-10)7-4-8-2-3-11-7/h6-8H,2-4H2,1H3,(H,9,10). The molecule has 0 aliphatic carbocycles. The number of hydrogen-bond acceptors (Lipinski definition) is 3. The van der Waals surface area contributed by atoms with Crippen LogP contribution in [0.5, 0.6) is 0 Å². The maximum absolute atomic E-state index is 9.95. The van der Waals surface area contributed by atoms with Gasteiger partial charge in [-0.1, -0.05) is 0 Å². The molecule has 2 N–H and O–H groups in total. The summed E-state index contributed by atoms with van der Waals surface area (Å²) in [6.45, 7) is 4.32. The second kappa shape index (κ2) is 4.31. The van der Waals surface area contributed by atoms with Crippen LogP contribution < -0.4 is 10.6 Å².